The first-order valence-electron chi connectivity index (χ1n) is 13.0. The Morgan fingerprint density at radius 2 is 1.61 bits per heavy atom. The molecule has 9 nitrogen and oxygen atoms in total. The molecule has 1 aromatic rings. The lowest BCUT2D eigenvalue weighted by Gasteiger charge is -2.34. The average molecular weight is 506 g/mol. The molecule has 4 amide bonds. The quantitative estimate of drug-likeness (QED) is 0.384. The molecule has 36 heavy (non-hydrogen) atoms. The summed E-state index contributed by atoms with van der Waals surface area (Å²) < 4.78 is 16.6. The van der Waals surface area contributed by atoms with Crippen molar-refractivity contribution in [2.45, 2.75) is 83.6 Å². The lowest BCUT2D eigenvalue weighted by molar-refractivity contribution is -0.132. The summed E-state index contributed by atoms with van der Waals surface area (Å²) in [5.41, 5.74) is 6.17. The highest BCUT2D eigenvalue weighted by atomic mass is 16.5. The molecule has 202 valence electrons. The van der Waals surface area contributed by atoms with Crippen LogP contribution < -0.4 is 25.3 Å². The number of primary amides is 1. The summed E-state index contributed by atoms with van der Waals surface area (Å²) in [6.07, 6.45) is 7.80. The smallest absolute Gasteiger partial charge is 0.324 e. The van der Waals surface area contributed by atoms with Gasteiger partial charge in [0.1, 0.15) is 6.04 Å². The van der Waals surface area contributed by atoms with Crippen molar-refractivity contribution in [2.24, 2.45) is 11.7 Å². The average Bonchev–Trinajstić information content (AvgIpc) is 2.89. The molecule has 0 radical (unpaired) electrons. The lowest BCUT2D eigenvalue weighted by atomic mass is 9.76. The van der Waals surface area contributed by atoms with Gasteiger partial charge in [0.15, 0.2) is 11.5 Å². The number of nitrogens with one attached hydrogen (secondary N) is 1. The highest BCUT2D eigenvalue weighted by Gasteiger charge is 2.37. The van der Waals surface area contributed by atoms with Crippen LogP contribution in [0, 0.1) is 5.92 Å². The number of nitrogens with two attached hydrogens (primary N) is 1. The second-order valence-electron chi connectivity index (χ2n) is 9.34. The SMILES string of the molecule is CCCCCN(C(=O)N[C@H](CC)C(N)=O)C(=O)C(c1cc(OC)c(OC)c(OC)c1)C1CCCCC1. The summed E-state index contributed by atoms with van der Waals surface area (Å²) in [6, 6.07) is 2.18. The Balaban J connectivity index is 2.54. The summed E-state index contributed by atoms with van der Waals surface area (Å²) in [5.74, 6) is -0.0501. The van der Waals surface area contributed by atoms with E-state index in [-0.39, 0.29) is 18.4 Å². The van der Waals surface area contributed by atoms with E-state index in [1.54, 1.807) is 19.1 Å². The van der Waals surface area contributed by atoms with Crippen molar-refractivity contribution in [1.82, 2.24) is 10.2 Å². The maximum absolute atomic E-state index is 14.2. The lowest BCUT2D eigenvalue weighted by Crippen LogP contribution is -2.53. The predicted molar refractivity (Wildman–Crippen MR) is 138 cm³/mol. The number of nitrogens with zero attached hydrogens (tertiary/aromatic N) is 1. The van der Waals surface area contributed by atoms with Gasteiger partial charge in [-0.2, -0.15) is 0 Å². The zero-order valence-corrected chi connectivity index (χ0v) is 22.4. The molecule has 0 aromatic heterocycles. The van der Waals surface area contributed by atoms with Gasteiger partial charge in [-0.25, -0.2) is 4.79 Å². The Morgan fingerprint density at radius 3 is 2.08 bits per heavy atom. The number of methoxy groups -OCH3 is 3. The normalized spacial score (nSPS) is 15.5. The molecule has 1 aliphatic rings. The molecule has 2 atom stereocenters. The monoisotopic (exact) mass is 505 g/mol. The molecule has 1 fully saturated rings. The van der Waals surface area contributed by atoms with Crippen molar-refractivity contribution in [3.8, 4) is 17.2 Å². The molecule has 9 heteroatoms. The van der Waals surface area contributed by atoms with Gasteiger partial charge in [-0.15, -0.1) is 0 Å². The highest BCUT2D eigenvalue weighted by Crippen LogP contribution is 2.44. The Labute approximate surface area is 215 Å². The van der Waals surface area contributed by atoms with Crippen molar-refractivity contribution >= 4 is 17.8 Å². The van der Waals surface area contributed by atoms with E-state index in [0.29, 0.717) is 30.1 Å². The van der Waals surface area contributed by atoms with Crippen LogP contribution in [0.15, 0.2) is 12.1 Å². The number of imide groups is 1. The van der Waals surface area contributed by atoms with E-state index in [1.165, 1.54) is 26.2 Å². The standard InChI is InChI=1S/C27H43N3O6/c1-6-8-12-15-30(27(33)29-20(7-2)25(28)31)26(32)23(18-13-10-9-11-14-18)19-16-21(34-3)24(36-5)22(17-19)35-4/h16-18,20,23H,6-15H2,1-5H3,(H2,28,31)(H,29,33)/t20-,23?/m1/s1. The van der Waals surface area contributed by atoms with Gasteiger partial charge in [-0.05, 0) is 49.3 Å². The molecule has 2 rings (SSSR count). The van der Waals surface area contributed by atoms with Crippen molar-refractivity contribution in [3.63, 3.8) is 0 Å². The van der Waals surface area contributed by atoms with Crippen LogP contribution in [0.2, 0.25) is 0 Å². The van der Waals surface area contributed by atoms with Crippen molar-refractivity contribution < 1.29 is 28.6 Å². The van der Waals surface area contributed by atoms with Gasteiger partial charge in [-0.3, -0.25) is 14.5 Å². The molecule has 0 saturated heterocycles. The van der Waals surface area contributed by atoms with Gasteiger partial charge in [0.25, 0.3) is 0 Å². The van der Waals surface area contributed by atoms with Gasteiger partial charge in [-0.1, -0.05) is 46.0 Å². The molecule has 0 spiro atoms. The minimum Gasteiger partial charge on any atom is -0.493 e. The number of carbonyl (C=O) groups excluding carboxylic acids is 3. The van der Waals surface area contributed by atoms with Crippen LogP contribution in [-0.4, -0.2) is 56.7 Å². The van der Waals surface area contributed by atoms with Crippen LogP contribution in [0.1, 0.15) is 83.1 Å². The van der Waals surface area contributed by atoms with Crippen LogP contribution in [0.3, 0.4) is 0 Å². The highest BCUT2D eigenvalue weighted by molar-refractivity contribution is 5.99. The van der Waals surface area contributed by atoms with Crippen LogP contribution >= 0.6 is 0 Å². The van der Waals surface area contributed by atoms with E-state index in [9.17, 15) is 14.4 Å². The minimum absolute atomic E-state index is 0.0636. The first-order chi connectivity index (χ1) is 17.3. The van der Waals surface area contributed by atoms with E-state index in [4.69, 9.17) is 19.9 Å². The largest absolute Gasteiger partial charge is 0.493 e. The molecule has 0 heterocycles. The van der Waals surface area contributed by atoms with Crippen LogP contribution in [0.5, 0.6) is 17.2 Å². The third-order valence-corrected chi connectivity index (χ3v) is 6.98. The second-order valence-corrected chi connectivity index (χ2v) is 9.34. The molecule has 1 aliphatic carbocycles. The van der Waals surface area contributed by atoms with Crippen LogP contribution in [0.25, 0.3) is 0 Å². The number of hydrogen-bond acceptors (Lipinski definition) is 6. The maximum Gasteiger partial charge on any atom is 0.324 e. The zero-order valence-electron chi connectivity index (χ0n) is 22.4. The van der Waals surface area contributed by atoms with Gasteiger partial charge in [0.05, 0.1) is 27.2 Å². The second kappa shape index (κ2) is 14.6. The molecule has 1 unspecified atom stereocenters. The van der Waals surface area contributed by atoms with Gasteiger partial charge >= 0.3 is 6.03 Å². The summed E-state index contributed by atoms with van der Waals surface area (Å²) in [5, 5.41) is 2.67. The predicted octanol–water partition coefficient (Wildman–Crippen LogP) is 4.37. The van der Waals surface area contributed by atoms with E-state index >= 15 is 0 Å². The summed E-state index contributed by atoms with van der Waals surface area (Å²) in [6.45, 7) is 4.09. The minimum atomic E-state index is -0.840. The number of amides is 4. The fourth-order valence-electron chi connectivity index (χ4n) is 4.97. The molecular formula is C27H43N3O6. The number of ether oxygens (including phenoxy) is 3. The van der Waals surface area contributed by atoms with Crippen LogP contribution in [0.4, 0.5) is 4.79 Å². The van der Waals surface area contributed by atoms with E-state index in [0.717, 1.165) is 50.5 Å². The number of unbranched alkanes of at least 4 members (excludes halogenated alkanes) is 2. The Kier molecular flexibility index (Phi) is 11.8. The molecule has 0 bridgehead atoms. The third-order valence-electron chi connectivity index (χ3n) is 6.98. The van der Waals surface area contributed by atoms with Crippen molar-refractivity contribution in [2.75, 3.05) is 27.9 Å². The van der Waals surface area contributed by atoms with Crippen molar-refractivity contribution in [1.29, 1.82) is 0 Å². The van der Waals surface area contributed by atoms with E-state index in [1.807, 2.05) is 0 Å². The first kappa shape index (κ1) is 29.3. The first-order valence-corrected chi connectivity index (χ1v) is 13.0. The number of benzene rings is 1. The fraction of sp³-hybridized carbons (Fsp3) is 0.667. The van der Waals surface area contributed by atoms with Gasteiger partial charge < -0.3 is 25.3 Å². The van der Waals surface area contributed by atoms with Crippen LogP contribution in [-0.2, 0) is 9.59 Å². The number of carbonyl (C=O) groups is 3. The van der Waals surface area contributed by atoms with E-state index in [2.05, 4.69) is 12.2 Å². The third kappa shape index (κ3) is 7.27. The molecule has 1 saturated carbocycles. The summed E-state index contributed by atoms with van der Waals surface area (Å²) in [7, 11) is 4.61. The molecular weight excluding hydrogens is 462 g/mol. The van der Waals surface area contributed by atoms with E-state index < -0.39 is 23.9 Å². The summed E-state index contributed by atoms with van der Waals surface area (Å²) >= 11 is 0. The number of hydrogen-bond donors (Lipinski definition) is 2. The Hall–Kier alpha value is -2.97. The topological polar surface area (TPSA) is 120 Å². The summed E-state index contributed by atoms with van der Waals surface area (Å²) in [4.78, 5) is 40.6. The maximum atomic E-state index is 14.2. The number of rotatable bonds is 13. The Bertz CT molecular complexity index is 859. The van der Waals surface area contributed by atoms with Gasteiger partial charge in [0.2, 0.25) is 17.6 Å². The fourth-order valence-corrected chi connectivity index (χ4v) is 4.97. The molecule has 3 N–H and O–H groups in total. The van der Waals surface area contributed by atoms with Gasteiger partial charge in [0, 0.05) is 6.54 Å². The zero-order chi connectivity index (χ0) is 26.7. The molecule has 1 aromatic carbocycles. The Morgan fingerprint density at radius 1 is 1.00 bits per heavy atom. The van der Waals surface area contributed by atoms with Crippen molar-refractivity contribution in [3.05, 3.63) is 17.7 Å². The molecule has 0 aliphatic heterocycles. The number of urea groups is 1.